The molecule has 8 nitrogen and oxygen atoms in total. The first-order valence-electron chi connectivity index (χ1n) is 8.00. The second kappa shape index (κ2) is 6.40. The van der Waals surface area contributed by atoms with Gasteiger partial charge in [0.1, 0.15) is 24.1 Å². The molecule has 0 atom stereocenters. The van der Waals surface area contributed by atoms with Crippen LogP contribution in [0.15, 0.2) is 58.2 Å². The average molecular weight is 352 g/mol. The van der Waals surface area contributed by atoms with Crippen molar-refractivity contribution in [3.05, 3.63) is 64.9 Å². The molecule has 0 radical (unpaired) electrons. The van der Waals surface area contributed by atoms with Gasteiger partial charge in [0.15, 0.2) is 5.58 Å². The molecule has 0 aliphatic carbocycles. The molecule has 26 heavy (non-hydrogen) atoms. The minimum atomic E-state index is -0.355. The van der Waals surface area contributed by atoms with Crippen molar-refractivity contribution in [3.8, 4) is 5.75 Å². The summed E-state index contributed by atoms with van der Waals surface area (Å²) in [7, 11) is 1.58. The fraction of sp³-hybridized carbons (Fsp3) is 0.167. The number of ether oxygens (including phenoxy) is 1. The second-order valence-corrected chi connectivity index (χ2v) is 5.75. The Labute approximate surface area is 147 Å². The monoisotopic (exact) mass is 352 g/mol. The summed E-state index contributed by atoms with van der Waals surface area (Å²) >= 11 is 0. The molecule has 0 spiro atoms. The first kappa shape index (κ1) is 15.9. The molecule has 1 N–H and O–H groups in total. The molecule has 0 fully saturated rings. The van der Waals surface area contributed by atoms with Crippen LogP contribution >= 0.6 is 0 Å². The summed E-state index contributed by atoms with van der Waals surface area (Å²) in [6, 6.07) is 10.8. The Morgan fingerprint density at radius 1 is 1.27 bits per heavy atom. The number of benzene rings is 1. The van der Waals surface area contributed by atoms with Gasteiger partial charge in [-0.1, -0.05) is 18.2 Å². The Morgan fingerprint density at radius 3 is 2.96 bits per heavy atom. The SMILES string of the molecule is COc1ccccc1CNC(=O)Cn1ncn2c(cc3occc32)c1=O. The topological polar surface area (TPSA) is 90.8 Å². The minimum absolute atomic E-state index is 0.170. The predicted octanol–water partition coefficient (Wildman–Crippen LogP) is 1.57. The standard InChI is InChI=1S/C18H16N4O4/c1-25-15-5-3-2-4-12(15)9-19-17(23)10-22-18(24)14-8-16-13(6-7-26-16)21(14)11-20-22/h2-8,11H,9-10H2,1H3,(H,19,23). The molecule has 132 valence electrons. The fourth-order valence-corrected chi connectivity index (χ4v) is 2.88. The third-order valence-corrected chi connectivity index (χ3v) is 4.18. The maximum absolute atomic E-state index is 12.5. The molecule has 0 aliphatic rings. The van der Waals surface area contributed by atoms with Crippen molar-refractivity contribution in [1.29, 1.82) is 0 Å². The molecule has 8 heteroatoms. The van der Waals surface area contributed by atoms with Crippen LogP contribution in [0.3, 0.4) is 0 Å². The Bertz CT molecular complexity index is 1150. The highest BCUT2D eigenvalue weighted by molar-refractivity contribution is 5.82. The van der Waals surface area contributed by atoms with Crippen molar-refractivity contribution in [2.45, 2.75) is 13.1 Å². The summed E-state index contributed by atoms with van der Waals surface area (Å²) in [6.07, 6.45) is 3.05. The molecule has 0 aliphatic heterocycles. The Kier molecular flexibility index (Phi) is 3.92. The first-order valence-corrected chi connectivity index (χ1v) is 8.00. The molecule has 4 rings (SSSR count). The zero-order valence-corrected chi connectivity index (χ0v) is 14.0. The Balaban J connectivity index is 1.52. The van der Waals surface area contributed by atoms with Crippen LogP contribution in [0.25, 0.3) is 16.6 Å². The quantitative estimate of drug-likeness (QED) is 0.589. The van der Waals surface area contributed by atoms with Crippen LogP contribution in [0.4, 0.5) is 0 Å². The highest BCUT2D eigenvalue weighted by Crippen LogP contribution is 2.18. The van der Waals surface area contributed by atoms with E-state index in [1.54, 1.807) is 29.9 Å². The maximum atomic E-state index is 12.5. The van der Waals surface area contributed by atoms with Gasteiger partial charge in [0.2, 0.25) is 5.91 Å². The summed E-state index contributed by atoms with van der Waals surface area (Å²) in [5.41, 5.74) is 2.27. The van der Waals surface area contributed by atoms with E-state index in [2.05, 4.69) is 10.4 Å². The van der Waals surface area contributed by atoms with Gasteiger partial charge in [-0.2, -0.15) is 5.10 Å². The van der Waals surface area contributed by atoms with Crippen molar-refractivity contribution in [2.75, 3.05) is 7.11 Å². The largest absolute Gasteiger partial charge is 0.496 e. The van der Waals surface area contributed by atoms with E-state index in [0.717, 1.165) is 15.8 Å². The number of amides is 1. The summed E-state index contributed by atoms with van der Waals surface area (Å²) in [5, 5.41) is 6.85. The summed E-state index contributed by atoms with van der Waals surface area (Å²) in [6.45, 7) is 0.134. The molecule has 0 unspecified atom stereocenters. The molecule has 0 saturated carbocycles. The molecule has 4 aromatic rings. The van der Waals surface area contributed by atoms with Crippen molar-refractivity contribution < 1.29 is 13.9 Å². The summed E-state index contributed by atoms with van der Waals surface area (Å²) in [5.74, 6) is 0.380. The van der Waals surface area contributed by atoms with Crippen LogP contribution in [0.5, 0.6) is 5.75 Å². The number of nitrogens with zero attached hydrogens (tertiary/aromatic N) is 3. The van der Waals surface area contributed by atoms with Gasteiger partial charge in [-0.3, -0.25) is 14.0 Å². The van der Waals surface area contributed by atoms with Crippen molar-refractivity contribution in [2.24, 2.45) is 0 Å². The lowest BCUT2D eigenvalue weighted by molar-refractivity contribution is -0.122. The number of hydrogen-bond donors (Lipinski definition) is 1. The smallest absolute Gasteiger partial charge is 0.291 e. The fourth-order valence-electron chi connectivity index (χ4n) is 2.88. The Morgan fingerprint density at radius 2 is 2.12 bits per heavy atom. The van der Waals surface area contributed by atoms with E-state index < -0.39 is 0 Å². The number of aromatic nitrogens is 3. The number of fused-ring (bicyclic) bond motifs is 3. The van der Waals surface area contributed by atoms with Crippen LogP contribution in [0.2, 0.25) is 0 Å². The lowest BCUT2D eigenvalue weighted by atomic mass is 10.2. The maximum Gasteiger partial charge on any atom is 0.291 e. The van der Waals surface area contributed by atoms with Gasteiger partial charge in [-0.05, 0) is 6.07 Å². The van der Waals surface area contributed by atoms with E-state index in [4.69, 9.17) is 9.15 Å². The normalized spacial score (nSPS) is 11.1. The zero-order valence-electron chi connectivity index (χ0n) is 14.0. The molecule has 1 amide bonds. The molecule has 3 heterocycles. The number of carbonyl (C=O) groups excluding carboxylic acids is 1. The molecular weight excluding hydrogens is 336 g/mol. The summed E-state index contributed by atoms with van der Waals surface area (Å²) in [4.78, 5) is 24.8. The average Bonchev–Trinajstić information content (AvgIpc) is 3.24. The van der Waals surface area contributed by atoms with Crippen LogP contribution in [0, 0.1) is 0 Å². The second-order valence-electron chi connectivity index (χ2n) is 5.75. The van der Waals surface area contributed by atoms with Gasteiger partial charge in [-0.15, -0.1) is 0 Å². The highest BCUT2D eigenvalue weighted by Gasteiger charge is 2.13. The van der Waals surface area contributed by atoms with Crippen LogP contribution in [-0.4, -0.2) is 27.2 Å². The molecular formula is C18H16N4O4. The number of nitrogens with one attached hydrogen (secondary N) is 1. The number of carbonyl (C=O) groups is 1. The lowest BCUT2D eigenvalue weighted by Crippen LogP contribution is -2.34. The number of para-hydroxylation sites is 1. The van der Waals surface area contributed by atoms with Gasteiger partial charge in [0, 0.05) is 24.2 Å². The van der Waals surface area contributed by atoms with Crippen molar-refractivity contribution in [1.82, 2.24) is 19.5 Å². The zero-order chi connectivity index (χ0) is 18.1. The number of furan rings is 1. The number of hydrogen-bond acceptors (Lipinski definition) is 5. The Hall–Kier alpha value is -3.55. The van der Waals surface area contributed by atoms with Crippen molar-refractivity contribution >= 4 is 22.5 Å². The van der Waals surface area contributed by atoms with E-state index in [1.807, 2.05) is 24.3 Å². The molecule has 0 saturated heterocycles. The summed E-state index contributed by atoms with van der Waals surface area (Å²) < 4.78 is 13.3. The van der Waals surface area contributed by atoms with Gasteiger partial charge in [-0.25, -0.2) is 4.68 Å². The van der Waals surface area contributed by atoms with Crippen LogP contribution < -0.4 is 15.6 Å². The molecule has 3 aromatic heterocycles. The van der Waals surface area contributed by atoms with Gasteiger partial charge in [0.25, 0.3) is 5.56 Å². The molecule has 0 bridgehead atoms. The predicted molar refractivity (Wildman–Crippen MR) is 94.1 cm³/mol. The third-order valence-electron chi connectivity index (χ3n) is 4.18. The van der Waals surface area contributed by atoms with Gasteiger partial charge >= 0.3 is 0 Å². The van der Waals surface area contributed by atoms with Crippen LogP contribution in [0.1, 0.15) is 5.56 Å². The highest BCUT2D eigenvalue weighted by atomic mass is 16.5. The van der Waals surface area contributed by atoms with E-state index >= 15 is 0 Å². The lowest BCUT2D eigenvalue weighted by Gasteiger charge is -2.10. The minimum Gasteiger partial charge on any atom is -0.496 e. The van der Waals surface area contributed by atoms with Gasteiger partial charge in [0.05, 0.1) is 18.9 Å². The first-order chi connectivity index (χ1) is 12.7. The van der Waals surface area contributed by atoms with E-state index in [-0.39, 0.29) is 18.0 Å². The number of rotatable bonds is 5. The van der Waals surface area contributed by atoms with E-state index in [0.29, 0.717) is 23.4 Å². The van der Waals surface area contributed by atoms with Crippen LogP contribution in [-0.2, 0) is 17.9 Å². The molecule has 1 aromatic carbocycles. The van der Waals surface area contributed by atoms with Gasteiger partial charge < -0.3 is 14.5 Å². The van der Waals surface area contributed by atoms with E-state index in [1.165, 1.54) is 6.33 Å². The van der Waals surface area contributed by atoms with Crippen molar-refractivity contribution in [3.63, 3.8) is 0 Å². The number of methoxy groups -OCH3 is 1. The van der Waals surface area contributed by atoms with E-state index in [9.17, 15) is 9.59 Å². The third kappa shape index (κ3) is 2.71.